The predicted molar refractivity (Wildman–Crippen MR) is 82.7 cm³/mol. The summed E-state index contributed by atoms with van der Waals surface area (Å²) in [4.78, 5) is 50.9. The molecule has 8 heteroatoms. The molecule has 24 heavy (non-hydrogen) atoms. The van der Waals surface area contributed by atoms with E-state index >= 15 is 0 Å². The zero-order valence-corrected chi connectivity index (χ0v) is 13.4. The van der Waals surface area contributed by atoms with Crippen molar-refractivity contribution >= 4 is 29.6 Å². The van der Waals surface area contributed by atoms with Crippen LogP contribution in [0.5, 0.6) is 0 Å². The summed E-state index contributed by atoms with van der Waals surface area (Å²) in [5.41, 5.74) is -0.107. The fraction of sp³-hybridized carbons (Fsp3) is 0.250. The molecule has 0 aliphatic carbocycles. The minimum atomic E-state index is -0.871. The Bertz CT molecular complexity index is 697. The van der Waals surface area contributed by atoms with Gasteiger partial charge in [0.15, 0.2) is 0 Å². The first-order valence-corrected chi connectivity index (χ1v) is 7.04. The van der Waals surface area contributed by atoms with E-state index in [1.165, 1.54) is 24.3 Å². The number of hydroxylamine groups is 2. The first-order chi connectivity index (χ1) is 11.2. The second kappa shape index (κ2) is 6.53. The number of anilines is 1. The molecule has 0 unspecified atom stereocenters. The first kappa shape index (κ1) is 17.2. The Labute approximate surface area is 138 Å². The van der Waals surface area contributed by atoms with Crippen LogP contribution in [0.25, 0.3) is 0 Å². The molecule has 0 aromatic heterocycles. The van der Waals surface area contributed by atoms with Crippen molar-refractivity contribution in [2.24, 2.45) is 0 Å². The van der Waals surface area contributed by atoms with Gasteiger partial charge in [0, 0.05) is 17.8 Å². The van der Waals surface area contributed by atoms with Gasteiger partial charge < -0.3 is 9.57 Å². The first-order valence-electron chi connectivity index (χ1n) is 7.04. The molecule has 0 spiro atoms. The average molecular weight is 332 g/mol. The highest BCUT2D eigenvalue weighted by Gasteiger charge is 2.28. The predicted octanol–water partition coefficient (Wildman–Crippen LogP) is 2.03. The number of ether oxygens (including phenoxy) is 1. The lowest BCUT2D eigenvalue weighted by Crippen LogP contribution is -2.32. The van der Waals surface area contributed by atoms with Gasteiger partial charge in [0.25, 0.3) is 11.8 Å². The molecule has 3 amide bonds. The number of amides is 3. The Hall–Kier alpha value is -3.16. The van der Waals surface area contributed by atoms with E-state index in [2.05, 4.69) is 5.32 Å². The number of hydrogen-bond acceptors (Lipinski definition) is 6. The standard InChI is InChI=1S/C16H16N2O6/c1-16(2,3)23-15(22)17-11-6-4-10(5-7-11)14(21)24-18-12(19)8-9-13(18)20/h4-9H,1-3H3,(H,17,22). The van der Waals surface area contributed by atoms with Crippen molar-refractivity contribution in [3.8, 4) is 0 Å². The molecule has 1 heterocycles. The molecule has 1 aromatic rings. The molecule has 1 N–H and O–H groups in total. The number of rotatable bonds is 3. The summed E-state index contributed by atoms with van der Waals surface area (Å²) in [6.07, 6.45) is 1.38. The third kappa shape index (κ3) is 4.42. The SMILES string of the molecule is CC(C)(C)OC(=O)Nc1ccc(C(=O)ON2C(=O)C=CC2=O)cc1. The van der Waals surface area contributed by atoms with Gasteiger partial charge >= 0.3 is 12.1 Å². The quantitative estimate of drug-likeness (QED) is 0.850. The van der Waals surface area contributed by atoms with Gasteiger partial charge in [0.2, 0.25) is 0 Å². The maximum absolute atomic E-state index is 11.9. The zero-order chi connectivity index (χ0) is 17.9. The lowest BCUT2D eigenvalue weighted by molar-refractivity contribution is -0.170. The fourth-order valence-corrected chi connectivity index (χ4v) is 1.72. The van der Waals surface area contributed by atoms with Gasteiger partial charge in [-0.15, -0.1) is 0 Å². The van der Waals surface area contributed by atoms with Gasteiger partial charge in [-0.25, -0.2) is 9.59 Å². The summed E-state index contributed by atoms with van der Waals surface area (Å²) in [7, 11) is 0. The summed E-state index contributed by atoms with van der Waals surface area (Å²) in [6, 6.07) is 5.69. The van der Waals surface area contributed by atoms with Crippen molar-refractivity contribution in [3.05, 3.63) is 42.0 Å². The maximum Gasteiger partial charge on any atom is 0.412 e. The van der Waals surface area contributed by atoms with Gasteiger partial charge in [0.05, 0.1) is 5.56 Å². The van der Waals surface area contributed by atoms with Crippen LogP contribution in [0.1, 0.15) is 31.1 Å². The number of nitrogens with zero attached hydrogens (tertiary/aromatic N) is 1. The van der Waals surface area contributed by atoms with Crippen LogP contribution in [0.3, 0.4) is 0 Å². The summed E-state index contributed by atoms with van der Waals surface area (Å²) in [6.45, 7) is 5.21. The highest BCUT2D eigenvalue weighted by atomic mass is 16.7. The lowest BCUT2D eigenvalue weighted by atomic mass is 10.2. The molecular weight excluding hydrogens is 316 g/mol. The fourth-order valence-electron chi connectivity index (χ4n) is 1.72. The van der Waals surface area contributed by atoms with Crippen molar-refractivity contribution in [2.75, 3.05) is 5.32 Å². The van der Waals surface area contributed by atoms with Crippen LogP contribution in [0.4, 0.5) is 10.5 Å². The van der Waals surface area contributed by atoms with E-state index in [4.69, 9.17) is 9.57 Å². The number of hydrogen-bond donors (Lipinski definition) is 1. The number of carbonyl (C=O) groups is 4. The molecule has 2 rings (SSSR count). The Morgan fingerprint density at radius 1 is 1.00 bits per heavy atom. The van der Waals surface area contributed by atoms with E-state index in [9.17, 15) is 19.2 Å². The Morgan fingerprint density at radius 3 is 2.04 bits per heavy atom. The van der Waals surface area contributed by atoms with E-state index in [0.29, 0.717) is 10.8 Å². The summed E-state index contributed by atoms with van der Waals surface area (Å²) in [5, 5.41) is 2.88. The smallest absolute Gasteiger partial charge is 0.412 e. The monoisotopic (exact) mass is 332 g/mol. The highest BCUT2D eigenvalue weighted by molar-refractivity contribution is 6.12. The van der Waals surface area contributed by atoms with Gasteiger partial charge in [-0.05, 0) is 45.0 Å². The molecule has 1 aliphatic heterocycles. The largest absolute Gasteiger partial charge is 0.444 e. The van der Waals surface area contributed by atoms with Crippen LogP contribution >= 0.6 is 0 Å². The van der Waals surface area contributed by atoms with E-state index in [1.807, 2.05) is 0 Å². The van der Waals surface area contributed by atoms with Crippen molar-refractivity contribution < 1.29 is 28.8 Å². The number of nitrogens with one attached hydrogen (secondary N) is 1. The highest BCUT2D eigenvalue weighted by Crippen LogP contribution is 2.15. The molecule has 0 saturated heterocycles. The molecular formula is C16H16N2O6. The van der Waals surface area contributed by atoms with Crippen LogP contribution in [-0.2, 0) is 19.2 Å². The average Bonchev–Trinajstić information content (AvgIpc) is 2.77. The minimum absolute atomic E-state index is 0.109. The molecule has 8 nitrogen and oxygen atoms in total. The summed E-state index contributed by atoms with van der Waals surface area (Å²) >= 11 is 0. The van der Waals surface area contributed by atoms with Crippen molar-refractivity contribution in [3.63, 3.8) is 0 Å². The van der Waals surface area contributed by atoms with E-state index in [-0.39, 0.29) is 5.56 Å². The van der Waals surface area contributed by atoms with Gasteiger partial charge in [0.1, 0.15) is 5.60 Å². The normalized spacial score (nSPS) is 13.9. The Kier molecular flexibility index (Phi) is 4.68. The molecule has 0 bridgehead atoms. The Morgan fingerprint density at radius 2 is 1.54 bits per heavy atom. The molecule has 0 radical (unpaired) electrons. The lowest BCUT2D eigenvalue weighted by Gasteiger charge is -2.19. The summed E-state index contributed by atoms with van der Waals surface area (Å²) in [5.74, 6) is -2.32. The van der Waals surface area contributed by atoms with Crippen LogP contribution in [-0.4, -0.2) is 34.5 Å². The molecule has 0 saturated carbocycles. The van der Waals surface area contributed by atoms with Crippen LogP contribution < -0.4 is 5.32 Å². The second-order valence-corrected chi connectivity index (χ2v) is 5.89. The zero-order valence-electron chi connectivity index (χ0n) is 13.4. The second-order valence-electron chi connectivity index (χ2n) is 5.89. The number of carbonyl (C=O) groups excluding carboxylic acids is 4. The number of benzene rings is 1. The third-order valence-electron chi connectivity index (χ3n) is 2.71. The van der Waals surface area contributed by atoms with Gasteiger partial charge in [-0.2, -0.15) is 0 Å². The van der Waals surface area contributed by atoms with Crippen LogP contribution in [0, 0.1) is 0 Å². The summed E-state index contributed by atoms with van der Waals surface area (Å²) < 4.78 is 5.10. The van der Waals surface area contributed by atoms with Crippen LogP contribution in [0.2, 0.25) is 0 Å². The molecule has 1 aromatic carbocycles. The van der Waals surface area contributed by atoms with Crippen molar-refractivity contribution in [1.82, 2.24) is 5.06 Å². The topological polar surface area (TPSA) is 102 Å². The molecule has 0 atom stereocenters. The van der Waals surface area contributed by atoms with Gasteiger partial charge in [-0.3, -0.25) is 14.9 Å². The van der Waals surface area contributed by atoms with E-state index in [1.54, 1.807) is 20.8 Å². The van der Waals surface area contributed by atoms with E-state index in [0.717, 1.165) is 12.2 Å². The minimum Gasteiger partial charge on any atom is -0.444 e. The molecule has 0 fully saturated rings. The van der Waals surface area contributed by atoms with Crippen molar-refractivity contribution in [2.45, 2.75) is 26.4 Å². The van der Waals surface area contributed by atoms with E-state index < -0.39 is 29.5 Å². The van der Waals surface area contributed by atoms with Crippen molar-refractivity contribution in [1.29, 1.82) is 0 Å². The third-order valence-corrected chi connectivity index (χ3v) is 2.71. The molecule has 1 aliphatic rings. The Balaban J connectivity index is 1.96. The van der Waals surface area contributed by atoms with Crippen LogP contribution in [0.15, 0.2) is 36.4 Å². The number of imide groups is 1. The maximum atomic E-state index is 11.9. The molecule has 126 valence electrons. The van der Waals surface area contributed by atoms with Gasteiger partial charge in [-0.1, -0.05) is 5.06 Å².